The van der Waals surface area contributed by atoms with Crippen LogP contribution < -0.4 is 5.73 Å². The Balaban J connectivity index is 2.11. The molecule has 1 aliphatic heterocycles. The number of benzene rings is 1. The standard InChI is InChI=1S/C14H17BrN2O2/c1-19-9-10-4-6-17(7-5-10)14(18)12-8-11(15)2-3-13(12)16/h2-4,8H,5-7,9,16H2,1H3. The van der Waals surface area contributed by atoms with E-state index in [1.165, 1.54) is 5.57 Å². The van der Waals surface area contributed by atoms with E-state index in [1.54, 1.807) is 24.1 Å². The Labute approximate surface area is 121 Å². The van der Waals surface area contributed by atoms with Crippen LogP contribution in [0.5, 0.6) is 0 Å². The van der Waals surface area contributed by atoms with E-state index in [2.05, 4.69) is 22.0 Å². The van der Waals surface area contributed by atoms with Crippen molar-refractivity contribution in [2.45, 2.75) is 6.42 Å². The lowest BCUT2D eigenvalue weighted by molar-refractivity contribution is 0.0766. The summed E-state index contributed by atoms with van der Waals surface area (Å²) >= 11 is 3.36. The molecule has 2 N–H and O–H groups in total. The third kappa shape index (κ3) is 3.36. The van der Waals surface area contributed by atoms with E-state index in [1.807, 2.05) is 6.07 Å². The lowest BCUT2D eigenvalue weighted by Crippen LogP contribution is -2.35. The first-order chi connectivity index (χ1) is 9.11. The van der Waals surface area contributed by atoms with Crippen LogP contribution in [0.3, 0.4) is 0 Å². The number of rotatable bonds is 3. The van der Waals surface area contributed by atoms with Gasteiger partial charge < -0.3 is 15.4 Å². The number of hydrogen-bond donors (Lipinski definition) is 1. The number of amides is 1. The van der Waals surface area contributed by atoms with Crippen LogP contribution in [0, 0.1) is 0 Å². The maximum Gasteiger partial charge on any atom is 0.256 e. The Kier molecular flexibility index (Phi) is 4.61. The fourth-order valence-electron chi connectivity index (χ4n) is 2.10. The van der Waals surface area contributed by atoms with Gasteiger partial charge >= 0.3 is 0 Å². The molecule has 0 bridgehead atoms. The van der Waals surface area contributed by atoms with Crippen molar-refractivity contribution in [1.29, 1.82) is 0 Å². The van der Waals surface area contributed by atoms with Crippen LogP contribution in [0.25, 0.3) is 0 Å². The Morgan fingerprint density at radius 3 is 2.95 bits per heavy atom. The highest BCUT2D eigenvalue weighted by Crippen LogP contribution is 2.21. The summed E-state index contributed by atoms with van der Waals surface area (Å²) in [5, 5.41) is 0. The third-order valence-electron chi connectivity index (χ3n) is 3.17. The number of ether oxygens (including phenoxy) is 1. The summed E-state index contributed by atoms with van der Waals surface area (Å²) < 4.78 is 5.96. The zero-order chi connectivity index (χ0) is 13.8. The van der Waals surface area contributed by atoms with Crippen molar-refractivity contribution in [2.24, 2.45) is 0 Å². The third-order valence-corrected chi connectivity index (χ3v) is 3.66. The number of hydrogen-bond acceptors (Lipinski definition) is 3. The monoisotopic (exact) mass is 324 g/mol. The van der Waals surface area contributed by atoms with E-state index in [0.717, 1.165) is 10.9 Å². The van der Waals surface area contributed by atoms with E-state index in [0.29, 0.717) is 30.9 Å². The highest BCUT2D eigenvalue weighted by molar-refractivity contribution is 9.10. The molecule has 102 valence electrons. The number of nitrogen functional groups attached to an aromatic ring is 1. The molecular weight excluding hydrogens is 308 g/mol. The van der Waals surface area contributed by atoms with E-state index in [-0.39, 0.29) is 5.91 Å². The van der Waals surface area contributed by atoms with Crippen molar-refractivity contribution in [3.63, 3.8) is 0 Å². The fraction of sp³-hybridized carbons (Fsp3) is 0.357. The maximum atomic E-state index is 12.4. The number of carbonyl (C=O) groups excluding carboxylic acids is 1. The largest absolute Gasteiger partial charge is 0.398 e. The van der Waals surface area contributed by atoms with E-state index in [9.17, 15) is 4.79 Å². The topological polar surface area (TPSA) is 55.6 Å². The quantitative estimate of drug-likeness (QED) is 0.686. The summed E-state index contributed by atoms with van der Waals surface area (Å²) in [7, 11) is 1.68. The molecule has 1 amide bonds. The molecule has 2 rings (SSSR count). The van der Waals surface area contributed by atoms with E-state index < -0.39 is 0 Å². The average Bonchev–Trinajstić information content (AvgIpc) is 2.42. The molecule has 1 aliphatic rings. The molecule has 0 saturated carbocycles. The first kappa shape index (κ1) is 14.1. The average molecular weight is 325 g/mol. The summed E-state index contributed by atoms with van der Waals surface area (Å²) in [6.45, 7) is 1.96. The summed E-state index contributed by atoms with van der Waals surface area (Å²) in [6, 6.07) is 5.35. The summed E-state index contributed by atoms with van der Waals surface area (Å²) in [4.78, 5) is 14.2. The minimum Gasteiger partial charge on any atom is -0.398 e. The van der Waals surface area contributed by atoms with Crippen molar-refractivity contribution in [3.8, 4) is 0 Å². The van der Waals surface area contributed by atoms with Crippen LogP contribution >= 0.6 is 15.9 Å². The molecule has 0 saturated heterocycles. The zero-order valence-corrected chi connectivity index (χ0v) is 12.4. The van der Waals surface area contributed by atoms with Gasteiger partial charge in [0, 0.05) is 30.4 Å². The molecule has 0 atom stereocenters. The minimum absolute atomic E-state index is 0.0217. The lowest BCUT2D eigenvalue weighted by Gasteiger charge is -2.27. The van der Waals surface area contributed by atoms with Crippen molar-refractivity contribution in [2.75, 3.05) is 32.5 Å². The maximum absolute atomic E-state index is 12.4. The molecule has 0 unspecified atom stereocenters. The molecule has 0 aromatic heterocycles. The predicted octanol–water partition coefficient (Wildman–Crippen LogP) is 2.45. The van der Waals surface area contributed by atoms with Gasteiger partial charge in [0.15, 0.2) is 0 Å². The van der Waals surface area contributed by atoms with Gasteiger partial charge in [-0.05, 0) is 30.2 Å². The molecule has 0 radical (unpaired) electrons. The van der Waals surface area contributed by atoms with Gasteiger partial charge in [-0.25, -0.2) is 0 Å². The highest BCUT2D eigenvalue weighted by Gasteiger charge is 2.20. The molecule has 0 aliphatic carbocycles. The second-order valence-electron chi connectivity index (χ2n) is 4.53. The van der Waals surface area contributed by atoms with Crippen LogP contribution in [0.4, 0.5) is 5.69 Å². The van der Waals surface area contributed by atoms with Crippen molar-refractivity contribution >= 4 is 27.5 Å². The summed E-state index contributed by atoms with van der Waals surface area (Å²) in [5.74, 6) is -0.0217. The molecular formula is C14H17BrN2O2. The van der Waals surface area contributed by atoms with Crippen molar-refractivity contribution < 1.29 is 9.53 Å². The number of halogens is 1. The van der Waals surface area contributed by atoms with Gasteiger partial charge in [-0.1, -0.05) is 22.0 Å². The van der Waals surface area contributed by atoms with Crippen molar-refractivity contribution in [3.05, 3.63) is 39.9 Å². The molecule has 4 nitrogen and oxygen atoms in total. The lowest BCUT2D eigenvalue weighted by atomic mass is 10.1. The molecule has 19 heavy (non-hydrogen) atoms. The van der Waals surface area contributed by atoms with E-state index in [4.69, 9.17) is 10.5 Å². The minimum atomic E-state index is -0.0217. The Morgan fingerprint density at radius 1 is 1.53 bits per heavy atom. The van der Waals surface area contributed by atoms with Gasteiger partial charge in [-0.3, -0.25) is 4.79 Å². The van der Waals surface area contributed by atoms with Gasteiger partial charge in [0.1, 0.15) is 0 Å². The summed E-state index contributed by atoms with van der Waals surface area (Å²) in [6.07, 6.45) is 2.91. The highest BCUT2D eigenvalue weighted by atomic mass is 79.9. The van der Waals surface area contributed by atoms with Crippen LogP contribution in [-0.4, -0.2) is 37.6 Å². The number of carbonyl (C=O) groups is 1. The number of anilines is 1. The zero-order valence-electron chi connectivity index (χ0n) is 10.9. The Bertz CT molecular complexity index is 514. The molecule has 1 aromatic rings. The van der Waals surface area contributed by atoms with Crippen molar-refractivity contribution in [1.82, 2.24) is 4.90 Å². The van der Waals surface area contributed by atoms with Gasteiger partial charge in [-0.15, -0.1) is 0 Å². The second kappa shape index (κ2) is 6.21. The summed E-state index contributed by atoms with van der Waals surface area (Å²) in [5.41, 5.74) is 8.18. The van der Waals surface area contributed by atoms with Gasteiger partial charge in [0.2, 0.25) is 0 Å². The molecule has 5 heteroatoms. The van der Waals surface area contributed by atoms with Gasteiger partial charge in [-0.2, -0.15) is 0 Å². The van der Waals surface area contributed by atoms with Crippen LogP contribution in [0.1, 0.15) is 16.8 Å². The molecule has 0 fully saturated rings. The predicted molar refractivity (Wildman–Crippen MR) is 79.0 cm³/mol. The smallest absolute Gasteiger partial charge is 0.256 e. The molecule has 1 heterocycles. The van der Waals surface area contributed by atoms with Gasteiger partial charge in [0.05, 0.1) is 12.2 Å². The van der Waals surface area contributed by atoms with Gasteiger partial charge in [0.25, 0.3) is 5.91 Å². The second-order valence-corrected chi connectivity index (χ2v) is 5.44. The SMILES string of the molecule is COCC1=CCN(C(=O)c2cc(Br)ccc2N)CC1. The molecule has 1 aromatic carbocycles. The van der Waals surface area contributed by atoms with Crippen LogP contribution in [-0.2, 0) is 4.74 Å². The fourth-order valence-corrected chi connectivity index (χ4v) is 2.46. The van der Waals surface area contributed by atoms with E-state index >= 15 is 0 Å². The number of nitrogens with zero attached hydrogens (tertiary/aromatic N) is 1. The number of nitrogens with two attached hydrogens (primary N) is 1. The first-order valence-electron chi connectivity index (χ1n) is 6.13. The Morgan fingerprint density at radius 2 is 2.32 bits per heavy atom. The normalized spacial score (nSPS) is 15.3. The number of methoxy groups -OCH3 is 1. The van der Waals surface area contributed by atoms with Crippen LogP contribution in [0.15, 0.2) is 34.3 Å². The Hall–Kier alpha value is -1.33. The first-order valence-corrected chi connectivity index (χ1v) is 6.92. The van der Waals surface area contributed by atoms with Crippen LogP contribution in [0.2, 0.25) is 0 Å². The molecule has 0 spiro atoms.